The van der Waals surface area contributed by atoms with E-state index >= 15 is 0 Å². The summed E-state index contributed by atoms with van der Waals surface area (Å²) in [4.78, 5) is 22.4. The van der Waals surface area contributed by atoms with Crippen LogP contribution in [-0.4, -0.2) is 98.3 Å². The second-order valence-corrected chi connectivity index (χ2v) is 14.1. The first-order chi connectivity index (χ1) is 24.3. The van der Waals surface area contributed by atoms with Crippen molar-refractivity contribution < 1.29 is 19.7 Å². The van der Waals surface area contributed by atoms with Crippen molar-refractivity contribution in [2.45, 2.75) is 69.4 Å². The van der Waals surface area contributed by atoms with Crippen LogP contribution in [0, 0.1) is 0 Å². The van der Waals surface area contributed by atoms with Crippen molar-refractivity contribution in [3.63, 3.8) is 0 Å². The van der Waals surface area contributed by atoms with Crippen molar-refractivity contribution in [1.29, 1.82) is 0 Å². The lowest BCUT2D eigenvalue weighted by Gasteiger charge is -2.42. The number of aromatic nitrogens is 3. The van der Waals surface area contributed by atoms with Crippen molar-refractivity contribution in [3.05, 3.63) is 89.4 Å². The van der Waals surface area contributed by atoms with Gasteiger partial charge in [0, 0.05) is 69.3 Å². The fourth-order valence-electron chi connectivity index (χ4n) is 7.88. The minimum atomic E-state index is -0.664. The first kappa shape index (κ1) is 34.3. The van der Waals surface area contributed by atoms with Crippen LogP contribution in [0.1, 0.15) is 65.2 Å². The fourth-order valence-corrected chi connectivity index (χ4v) is 7.88. The van der Waals surface area contributed by atoms with E-state index in [0.29, 0.717) is 24.8 Å². The maximum Gasteiger partial charge on any atom is 0.255 e. The summed E-state index contributed by atoms with van der Waals surface area (Å²) in [5.74, 6) is -0.0320. The van der Waals surface area contributed by atoms with Gasteiger partial charge in [-0.05, 0) is 72.4 Å². The van der Waals surface area contributed by atoms with Gasteiger partial charge in [-0.15, -0.1) is 0 Å². The highest BCUT2D eigenvalue weighted by Gasteiger charge is 2.31. The van der Waals surface area contributed by atoms with E-state index in [-0.39, 0.29) is 30.5 Å². The number of hydrogen-bond donors (Lipinski definition) is 4. The standard InChI is InChI=1S/C39H49N7O4/c1-44-22-31(21-42-44)30-19-34(38(40)41-20-30)39(49)43-35-5-3-7-37(35)50-25-26-8-10-27(11-9-26)28-12-13-33-29(18-28)4-2-6-36(33)46-16-14-45(15-17-46)23-32(48)24-47/h8-13,18-22,32,35-37,47-48H,2-7,14-17,23-25H2,1H3,(H2,40,41)(H,43,49)/t32-,35-,36+,37-/m0/s1. The zero-order chi connectivity index (χ0) is 34.6. The number of rotatable bonds is 11. The lowest BCUT2D eigenvalue weighted by molar-refractivity contribution is 0.0272. The van der Waals surface area contributed by atoms with Crippen LogP contribution in [0.5, 0.6) is 0 Å². The lowest BCUT2D eigenvalue weighted by Crippen LogP contribution is -2.50. The molecular weight excluding hydrogens is 630 g/mol. The second kappa shape index (κ2) is 15.4. The number of pyridine rings is 1. The number of aryl methyl sites for hydroxylation is 2. The molecule has 2 aliphatic carbocycles. The second-order valence-electron chi connectivity index (χ2n) is 14.1. The molecule has 1 saturated carbocycles. The molecule has 5 N–H and O–H groups in total. The molecule has 0 unspecified atom stereocenters. The zero-order valence-electron chi connectivity index (χ0n) is 28.9. The molecule has 264 valence electrons. The molecule has 7 rings (SSSR count). The maximum absolute atomic E-state index is 13.3. The van der Waals surface area contributed by atoms with Crippen LogP contribution >= 0.6 is 0 Å². The quantitative estimate of drug-likeness (QED) is 0.186. The lowest BCUT2D eigenvalue weighted by atomic mass is 9.84. The largest absolute Gasteiger partial charge is 0.394 e. The summed E-state index contributed by atoms with van der Waals surface area (Å²) < 4.78 is 8.09. The van der Waals surface area contributed by atoms with Crippen LogP contribution < -0.4 is 11.1 Å². The Kier molecular flexibility index (Phi) is 10.6. The number of fused-ring (bicyclic) bond motifs is 1. The normalized spacial score (nSPS) is 21.9. The molecule has 3 aliphatic rings. The van der Waals surface area contributed by atoms with Crippen LogP contribution in [-0.2, 0) is 24.8 Å². The Morgan fingerprint density at radius 1 is 0.980 bits per heavy atom. The number of nitrogens with one attached hydrogen (secondary N) is 1. The predicted molar refractivity (Wildman–Crippen MR) is 193 cm³/mol. The summed E-state index contributed by atoms with van der Waals surface area (Å²) in [6.07, 6.45) is 10.8. The van der Waals surface area contributed by atoms with E-state index < -0.39 is 6.10 Å². The van der Waals surface area contributed by atoms with E-state index in [1.165, 1.54) is 35.1 Å². The third kappa shape index (κ3) is 7.77. The number of nitrogens with zero attached hydrogens (tertiary/aromatic N) is 5. The van der Waals surface area contributed by atoms with Crippen molar-refractivity contribution in [2.75, 3.05) is 45.1 Å². The average Bonchev–Trinajstić information content (AvgIpc) is 3.79. The van der Waals surface area contributed by atoms with Gasteiger partial charge >= 0.3 is 0 Å². The summed E-state index contributed by atoms with van der Waals surface area (Å²) in [5, 5.41) is 26.4. The number of β-amino-alcohol motifs (C(OH)–C–C–N with tert-alkyl or cyclic N) is 1. The number of nitrogen functional groups attached to an aromatic ring is 1. The topological polar surface area (TPSA) is 142 Å². The van der Waals surface area contributed by atoms with Gasteiger partial charge in [0.1, 0.15) is 5.82 Å². The van der Waals surface area contributed by atoms with Crippen molar-refractivity contribution in [3.8, 4) is 22.3 Å². The maximum atomic E-state index is 13.3. The Labute approximate surface area is 294 Å². The van der Waals surface area contributed by atoms with Gasteiger partial charge < -0.3 is 26.0 Å². The number of amides is 1. The summed E-state index contributed by atoms with van der Waals surface area (Å²) in [6.45, 7) is 4.63. The van der Waals surface area contributed by atoms with Gasteiger partial charge in [0.25, 0.3) is 5.91 Å². The molecule has 1 amide bonds. The molecule has 4 aromatic rings. The van der Waals surface area contributed by atoms with Gasteiger partial charge in [-0.2, -0.15) is 5.10 Å². The molecule has 1 aliphatic heterocycles. The van der Waals surface area contributed by atoms with Gasteiger partial charge in [0.2, 0.25) is 0 Å². The molecular formula is C39H49N7O4. The fraction of sp³-hybridized carbons (Fsp3) is 0.462. The van der Waals surface area contributed by atoms with E-state index in [2.05, 4.69) is 67.7 Å². The Morgan fingerprint density at radius 2 is 1.78 bits per heavy atom. The molecule has 2 aromatic heterocycles. The molecule has 1 saturated heterocycles. The van der Waals surface area contributed by atoms with Gasteiger partial charge in [0.15, 0.2) is 0 Å². The van der Waals surface area contributed by atoms with E-state index in [1.54, 1.807) is 23.1 Å². The van der Waals surface area contributed by atoms with Gasteiger partial charge in [0.05, 0.1) is 43.2 Å². The van der Waals surface area contributed by atoms with Crippen LogP contribution in [0.2, 0.25) is 0 Å². The molecule has 0 bridgehead atoms. The number of carbonyl (C=O) groups is 1. The first-order valence-electron chi connectivity index (χ1n) is 18.0. The first-order valence-corrected chi connectivity index (χ1v) is 18.0. The number of hydrogen-bond acceptors (Lipinski definition) is 9. The van der Waals surface area contributed by atoms with Crippen LogP contribution in [0.3, 0.4) is 0 Å². The highest BCUT2D eigenvalue weighted by Crippen LogP contribution is 2.37. The molecule has 2 fully saturated rings. The Morgan fingerprint density at radius 3 is 2.54 bits per heavy atom. The number of aliphatic hydroxyl groups excluding tert-OH is 2. The predicted octanol–water partition coefficient (Wildman–Crippen LogP) is 3.95. The molecule has 0 radical (unpaired) electrons. The van der Waals surface area contributed by atoms with Crippen LogP contribution in [0.4, 0.5) is 5.82 Å². The summed E-state index contributed by atoms with van der Waals surface area (Å²) in [7, 11) is 1.85. The molecule has 11 heteroatoms. The van der Waals surface area contributed by atoms with E-state index in [9.17, 15) is 15.0 Å². The van der Waals surface area contributed by atoms with E-state index in [0.717, 1.165) is 68.6 Å². The monoisotopic (exact) mass is 679 g/mol. The van der Waals surface area contributed by atoms with Crippen LogP contribution in [0.25, 0.3) is 22.3 Å². The minimum Gasteiger partial charge on any atom is -0.394 e. The molecule has 50 heavy (non-hydrogen) atoms. The number of carbonyl (C=O) groups excluding carboxylic acids is 1. The molecule has 2 aromatic carbocycles. The van der Waals surface area contributed by atoms with Crippen LogP contribution in [0.15, 0.2) is 67.1 Å². The van der Waals surface area contributed by atoms with Gasteiger partial charge in [-0.1, -0.05) is 42.5 Å². The highest BCUT2D eigenvalue weighted by molar-refractivity contribution is 5.99. The summed E-state index contributed by atoms with van der Waals surface area (Å²) >= 11 is 0. The third-order valence-corrected chi connectivity index (χ3v) is 10.7. The number of ether oxygens (including phenoxy) is 1. The highest BCUT2D eigenvalue weighted by atomic mass is 16.5. The number of anilines is 1. The zero-order valence-corrected chi connectivity index (χ0v) is 28.9. The smallest absolute Gasteiger partial charge is 0.255 e. The number of benzene rings is 2. The molecule has 0 spiro atoms. The third-order valence-electron chi connectivity index (χ3n) is 10.7. The number of aliphatic hydroxyl groups is 2. The SMILES string of the molecule is Cn1cc(-c2cnc(N)c(C(=O)N[C@H]3CCC[C@@H]3OCc3ccc(-c4ccc5c(c4)CCC[C@H]5N4CCN(C[C@H](O)CO)CC4)cc3)c2)cn1. The van der Waals surface area contributed by atoms with E-state index in [1.807, 2.05) is 13.2 Å². The van der Waals surface area contributed by atoms with Crippen molar-refractivity contribution in [2.24, 2.45) is 7.05 Å². The van der Waals surface area contributed by atoms with Crippen molar-refractivity contribution in [1.82, 2.24) is 29.9 Å². The molecule has 11 nitrogen and oxygen atoms in total. The minimum absolute atomic E-state index is 0.0713. The Bertz CT molecular complexity index is 1770. The Hall–Kier alpha value is -4.13. The Balaban J connectivity index is 0.939. The molecule has 3 heterocycles. The van der Waals surface area contributed by atoms with E-state index in [4.69, 9.17) is 10.5 Å². The molecule has 4 atom stereocenters. The summed E-state index contributed by atoms with van der Waals surface area (Å²) in [5.41, 5.74) is 14.6. The number of piperazine rings is 1. The number of nitrogens with two attached hydrogens (primary N) is 1. The van der Waals surface area contributed by atoms with Crippen molar-refractivity contribution >= 4 is 11.7 Å². The average molecular weight is 680 g/mol. The van der Waals surface area contributed by atoms with Gasteiger partial charge in [-0.25, -0.2) is 4.98 Å². The van der Waals surface area contributed by atoms with Gasteiger partial charge in [-0.3, -0.25) is 19.3 Å². The summed E-state index contributed by atoms with van der Waals surface area (Å²) in [6, 6.07) is 17.7.